The number of carbonyl (C=O) groups excluding carboxylic acids is 1. The molecule has 20 heavy (non-hydrogen) atoms. The van der Waals surface area contributed by atoms with Gasteiger partial charge in [-0.3, -0.25) is 9.78 Å². The zero-order valence-electron chi connectivity index (χ0n) is 10.4. The van der Waals surface area contributed by atoms with Crippen LogP contribution in [0.15, 0.2) is 36.7 Å². The van der Waals surface area contributed by atoms with Crippen LogP contribution in [0.4, 0.5) is 18.9 Å². The second-order valence-electron chi connectivity index (χ2n) is 4.17. The number of nitrogens with zero attached hydrogens (tertiary/aromatic N) is 1. The second-order valence-corrected chi connectivity index (χ2v) is 4.17. The molecule has 0 bridgehead atoms. The molecule has 0 saturated carbocycles. The van der Waals surface area contributed by atoms with Gasteiger partial charge in [-0.05, 0) is 17.5 Å². The molecule has 1 aromatic heterocycles. The van der Waals surface area contributed by atoms with Crippen LogP contribution in [0.1, 0.15) is 0 Å². The molecule has 1 heterocycles. The first kappa shape index (κ1) is 14.3. The van der Waals surface area contributed by atoms with Crippen molar-refractivity contribution in [1.82, 2.24) is 10.3 Å². The van der Waals surface area contributed by atoms with Crippen LogP contribution in [0.2, 0.25) is 0 Å². The summed E-state index contributed by atoms with van der Waals surface area (Å²) < 4.78 is 35.8. The Labute approximate surface area is 113 Å². The Kier molecular flexibility index (Phi) is 4.19. The third-order valence-corrected chi connectivity index (χ3v) is 2.57. The van der Waals surface area contributed by atoms with Gasteiger partial charge < -0.3 is 10.6 Å². The maximum atomic E-state index is 11.9. The van der Waals surface area contributed by atoms with Gasteiger partial charge in [0, 0.05) is 17.8 Å². The van der Waals surface area contributed by atoms with Gasteiger partial charge in [-0.15, -0.1) is 0 Å². The van der Waals surface area contributed by atoms with E-state index in [-0.39, 0.29) is 0 Å². The molecular formula is C13H12F3N3O. The van der Waals surface area contributed by atoms with Crippen LogP contribution in [0.5, 0.6) is 0 Å². The molecule has 1 aromatic carbocycles. The minimum atomic E-state index is -4.33. The van der Waals surface area contributed by atoms with Gasteiger partial charge in [0.2, 0.25) is 5.91 Å². The number of benzene rings is 1. The fourth-order valence-electron chi connectivity index (χ4n) is 1.73. The SMILES string of the molecule is O=C(CNCC(F)(F)F)Nc1cccc2ccncc12. The topological polar surface area (TPSA) is 54.0 Å². The van der Waals surface area contributed by atoms with Gasteiger partial charge in [-0.25, -0.2) is 0 Å². The van der Waals surface area contributed by atoms with Crippen LogP contribution in [0, 0.1) is 0 Å². The maximum absolute atomic E-state index is 11.9. The quantitative estimate of drug-likeness (QED) is 0.905. The minimum Gasteiger partial charge on any atom is -0.324 e. The van der Waals surface area contributed by atoms with Crippen molar-refractivity contribution in [3.8, 4) is 0 Å². The van der Waals surface area contributed by atoms with Crippen LogP contribution < -0.4 is 10.6 Å². The fraction of sp³-hybridized carbons (Fsp3) is 0.231. The third kappa shape index (κ3) is 3.92. The van der Waals surface area contributed by atoms with Gasteiger partial charge in [0.05, 0.1) is 18.8 Å². The molecular weight excluding hydrogens is 271 g/mol. The van der Waals surface area contributed by atoms with E-state index < -0.39 is 25.2 Å². The number of alkyl halides is 3. The molecule has 0 radical (unpaired) electrons. The molecule has 0 unspecified atom stereocenters. The summed E-state index contributed by atoms with van der Waals surface area (Å²) in [6.45, 7) is -1.60. The number of hydrogen-bond acceptors (Lipinski definition) is 3. The molecule has 2 N–H and O–H groups in total. The zero-order chi connectivity index (χ0) is 14.6. The predicted octanol–water partition coefficient (Wildman–Crippen LogP) is 2.33. The average Bonchev–Trinajstić information content (AvgIpc) is 2.37. The summed E-state index contributed by atoms with van der Waals surface area (Å²) >= 11 is 0. The minimum absolute atomic E-state index is 0.407. The second kappa shape index (κ2) is 5.87. The smallest absolute Gasteiger partial charge is 0.324 e. The van der Waals surface area contributed by atoms with Gasteiger partial charge in [0.1, 0.15) is 0 Å². The van der Waals surface area contributed by atoms with Crippen molar-refractivity contribution < 1.29 is 18.0 Å². The third-order valence-electron chi connectivity index (χ3n) is 2.57. The first-order valence-electron chi connectivity index (χ1n) is 5.86. The normalized spacial score (nSPS) is 11.6. The predicted molar refractivity (Wildman–Crippen MR) is 69.3 cm³/mol. The maximum Gasteiger partial charge on any atom is 0.401 e. The summed E-state index contributed by atoms with van der Waals surface area (Å²) in [6.07, 6.45) is -1.11. The highest BCUT2D eigenvalue weighted by Gasteiger charge is 2.26. The molecule has 0 spiro atoms. The molecule has 0 aliphatic carbocycles. The average molecular weight is 283 g/mol. The number of pyridine rings is 1. The van der Waals surface area contributed by atoms with Crippen molar-refractivity contribution in [3.63, 3.8) is 0 Å². The van der Waals surface area contributed by atoms with E-state index in [4.69, 9.17) is 0 Å². The molecule has 2 rings (SSSR count). The van der Waals surface area contributed by atoms with E-state index in [1.807, 2.05) is 11.4 Å². The molecule has 7 heteroatoms. The highest BCUT2D eigenvalue weighted by Crippen LogP contribution is 2.21. The van der Waals surface area contributed by atoms with E-state index in [0.29, 0.717) is 5.69 Å². The Balaban J connectivity index is 2.00. The number of nitrogens with one attached hydrogen (secondary N) is 2. The monoisotopic (exact) mass is 283 g/mol. The lowest BCUT2D eigenvalue weighted by Gasteiger charge is -2.10. The van der Waals surface area contributed by atoms with Gasteiger partial charge in [-0.1, -0.05) is 12.1 Å². The number of aromatic nitrogens is 1. The summed E-state index contributed by atoms with van der Waals surface area (Å²) in [7, 11) is 0. The van der Waals surface area contributed by atoms with Crippen LogP contribution >= 0.6 is 0 Å². The highest BCUT2D eigenvalue weighted by molar-refractivity contribution is 6.02. The number of halogens is 3. The lowest BCUT2D eigenvalue weighted by Crippen LogP contribution is -2.35. The van der Waals surface area contributed by atoms with Crippen LogP contribution in [0.25, 0.3) is 10.8 Å². The molecule has 106 valence electrons. The van der Waals surface area contributed by atoms with E-state index >= 15 is 0 Å². The van der Waals surface area contributed by atoms with Crippen molar-refractivity contribution in [1.29, 1.82) is 0 Å². The first-order valence-corrected chi connectivity index (χ1v) is 5.86. The molecule has 0 atom stereocenters. The number of amides is 1. The van der Waals surface area contributed by atoms with Crippen molar-refractivity contribution in [2.75, 3.05) is 18.4 Å². The summed E-state index contributed by atoms with van der Waals surface area (Å²) in [6, 6.07) is 7.06. The number of anilines is 1. The molecule has 0 aliphatic rings. The Hall–Kier alpha value is -2.15. The Morgan fingerprint density at radius 2 is 2.05 bits per heavy atom. The number of hydrogen-bond donors (Lipinski definition) is 2. The summed E-state index contributed by atoms with van der Waals surface area (Å²) in [5.74, 6) is -0.536. The number of carbonyl (C=O) groups is 1. The number of rotatable bonds is 4. The van der Waals surface area contributed by atoms with Crippen molar-refractivity contribution in [2.24, 2.45) is 0 Å². The summed E-state index contributed by atoms with van der Waals surface area (Å²) in [4.78, 5) is 15.5. The molecule has 2 aromatic rings. The number of fused-ring (bicyclic) bond motifs is 1. The van der Waals surface area contributed by atoms with E-state index in [1.54, 1.807) is 30.6 Å². The molecule has 0 aliphatic heterocycles. The van der Waals surface area contributed by atoms with Gasteiger partial charge in [-0.2, -0.15) is 13.2 Å². The van der Waals surface area contributed by atoms with Crippen molar-refractivity contribution in [3.05, 3.63) is 36.7 Å². The van der Waals surface area contributed by atoms with Crippen molar-refractivity contribution in [2.45, 2.75) is 6.18 Å². The fourth-order valence-corrected chi connectivity index (χ4v) is 1.73. The lowest BCUT2D eigenvalue weighted by atomic mass is 10.1. The van der Waals surface area contributed by atoms with Gasteiger partial charge in [0.25, 0.3) is 0 Å². The summed E-state index contributed by atoms with van der Waals surface area (Å²) in [5, 5.41) is 6.23. The van der Waals surface area contributed by atoms with Crippen LogP contribution in [-0.4, -0.2) is 30.2 Å². The highest BCUT2D eigenvalue weighted by atomic mass is 19.4. The van der Waals surface area contributed by atoms with Gasteiger partial charge in [0.15, 0.2) is 0 Å². The van der Waals surface area contributed by atoms with Gasteiger partial charge >= 0.3 is 6.18 Å². The summed E-state index contributed by atoms with van der Waals surface area (Å²) in [5.41, 5.74) is 0.523. The molecule has 1 amide bonds. The Morgan fingerprint density at radius 1 is 1.25 bits per heavy atom. The van der Waals surface area contributed by atoms with Crippen LogP contribution in [-0.2, 0) is 4.79 Å². The Morgan fingerprint density at radius 3 is 2.80 bits per heavy atom. The standard InChI is InChI=1S/C13H12F3N3O/c14-13(15,16)8-18-7-12(20)19-11-3-1-2-9-4-5-17-6-10(9)11/h1-6,18H,7-8H2,(H,19,20). The molecule has 4 nitrogen and oxygen atoms in total. The van der Waals surface area contributed by atoms with Crippen molar-refractivity contribution >= 4 is 22.4 Å². The largest absolute Gasteiger partial charge is 0.401 e. The van der Waals surface area contributed by atoms with E-state index in [9.17, 15) is 18.0 Å². The lowest BCUT2D eigenvalue weighted by molar-refractivity contribution is -0.126. The van der Waals surface area contributed by atoms with E-state index in [2.05, 4.69) is 10.3 Å². The molecule has 0 fully saturated rings. The van der Waals surface area contributed by atoms with E-state index in [0.717, 1.165) is 10.8 Å². The zero-order valence-corrected chi connectivity index (χ0v) is 10.4. The Bertz CT molecular complexity index is 608. The van der Waals surface area contributed by atoms with E-state index in [1.165, 1.54) is 0 Å². The first-order chi connectivity index (χ1) is 9.46. The molecule has 0 saturated heterocycles. The van der Waals surface area contributed by atoms with Crippen LogP contribution in [0.3, 0.4) is 0 Å².